The standard InChI is InChI=1S/C10H13NO4S2/c1-2-17(14,15)6-5-16-9-7-8(10(12)13)3-4-11-9/h3-4,7H,2,5-6H2,1H3,(H,12,13). The third-order valence-corrected chi connectivity index (χ3v) is 4.96. The number of carboxylic acid groups (broad SMARTS) is 1. The van der Waals surface area contributed by atoms with Gasteiger partial charge in [-0.05, 0) is 12.1 Å². The maximum atomic E-state index is 11.2. The van der Waals surface area contributed by atoms with Crippen LogP contribution in [0.5, 0.6) is 0 Å². The molecule has 7 heteroatoms. The van der Waals surface area contributed by atoms with E-state index < -0.39 is 15.8 Å². The van der Waals surface area contributed by atoms with Gasteiger partial charge < -0.3 is 5.11 Å². The summed E-state index contributed by atoms with van der Waals surface area (Å²) in [4.78, 5) is 14.7. The number of hydrogen-bond acceptors (Lipinski definition) is 5. The minimum Gasteiger partial charge on any atom is -0.478 e. The van der Waals surface area contributed by atoms with Gasteiger partial charge in [-0.2, -0.15) is 0 Å². The molecular formula is C10H13NO4S2. The minimum absolute atomic E-state index is 0.0765. The lowest BCUT2D eigenvalue weighted by molar-refractivity contribution is 0.0696. The maximum Gasteiger partial charge on any atom is 0.335 e. The molecule has 0 fully saturated rings. The van der Waals surface area contributed by atoms with Gasteiger partial charge in [-0.3, -0.25) is 0 Å². The molecule has 0 saturated heterocycles. The Balaban J connectivity index is 2.58. The second kappa shape index (κ2) is 6.02. The summed E-state index contributed by atoms with van der Waals surface area (Å²) in [7, 11) is -2.98. The first-order valence-electron chi connectivity index (χ1n) is 4.97. The third-order valence-electron chi connectivity index (χ3n) is 2.07. The molecule has 0 aliphatic rings. The lowest BCUT2D eigenvalue weighted by Crippen LogP contribution is -2.10. The van der Waals surface area contributed by atoms with Crippen molar-refractivity contribution >= 4 is 27.6 Å². The van der Waals surface area contributed by atoms with Crippen molar-refractivity contribution in [3.8, 4) is 0 Å². The lowest BCUT2D eigenvalue weighted by Gasteiger charge is -2.02. The Kier molecular flexibility index (Phi) is 4.95. The number of carbonyl (C=O) groups is 1. The van der Waals surface area contributed by atoms with E-state index in [4.69, 9.17) is 5.11 Å². The summed E-state index contributed by atoms with van der Waals surface area (Å²) in [5.41, 5.74) is 0.154. The topological polar surface area (TPSA) is 84.3 Å². The average Bonchev–Trinajstić information content (AvgIpc) is 2.29. The summed E-state index contributed by atoms with van der Waals surface area (Å²) in [5.74, 6) is -0.439. The van der Waals surface area contributed by atoms with Crippen LogP contribution in [0, 0.1) is 0 Å². The van der Waals surface area contributed by atoms with Gasteiger partial charge in [-0.15, -0.1) is 11.8 Å². The highest BCUT2D eigenvalue weighted by molar-refractivity contribution is 8.00. The lowest BCUT2D eigenvalue weighted by atomic mass is 10.3. The highest BCUT2D eigenvalue weighted by atomic mass is 32.2. The maximum absolute atomic E-state index is 11.2. The summed E-state index contributed by atoms with van der Waals surface area (Å²) in [6, 6.07) is 2.83. The second-order valence-corrected chi connectivity index (χ2v) is 6.86. The molecule has 0 aromatic carbocycles. The van der Waals surface area contributed by atoms with E-state index in [0.29, 0.717) is 10.8 Å². The molecule has 0 spiro atoms. The second-order valence-electron chi connectivity index (χ2n) is 3.27. The van der Waals surface area contributed by atoms with Crippen LogP contribution >= 0.6 is 11.8 Å². The number of sulfone groups is 1. The van der Waals surface area contributed by atoms with E-state index in [0.717, 1.165) is 0 Å². The highest BCUT2D eigenvalue weighted by Crippen LogP contribution is 2.16. The first-order valence-corrected chi connectivity index (χ1v) is 7.78. The Hall–Kier alpha value is -1.08. The SMILES string of the molecule is CCS(=O)(=O)CCSc1cc(C(=O)O)ccn1. The molecule has 0 radical (unpaired) electrons. The Labute approximate surface area is 104 Å². The third kappa shape index (κ3) is 4.74. The van der Waals surface area contributed by atoms with Crippen molar-refractivity contribution in [1.82, 2.24) is 4.98 Å². The van der Waals surface area contributed by atoms with Crippen molar-refractivity contribution in [3.63, 3.8) is 0 Å². The van der Waals surface area contributed by atoms with Crippen LogP contribution in [0.2, 0.25) is 0 Å². The minimum atomic E-state index is -2.98. The van der Waals surface area contributed by atoms with E-state index in [9.17, 15) is 13.2 Å². The van der Waals surface area contributed by atoms with E-state index in [1.54, 1.807) is 6.92 Å². The molecule has 1 N–H and O–H groups in total. The zero-order valence-corrected chi connectivity index (χ0v) is 10.9. The van der Waals surface area contributed by atoms with Crippen molar-refractivity contribution in [2.45, 2.75) is 11.9 Å². The Bertz CT molecular complexity index is 499. The van der Waals surface area contributed by atoms with E-state index in [1.165, 1.54) is 30.1 Å². The predicted molar refractivity (Wildman–Crippen MR) is 66.2 cm³/mol. The number of carboxylic acids is 1. The average molecular weight is 275 g/mol. The molecule has 1 aromatic rings. The molecule has 5 nitrogen and oxygen atoms in total. The van der Waals surface area contributed by atoms with Crippen molar-refractivity contribution in [2.24, 2.45) is 0 Å². The number of aromatic nitrogens is 1. The van der Waals surface area contributed by atoms with Crippen LogP contribution in [0.15, 0.2) is 23.4 Å². The molecule has 1 heterocycles. The van der Waals surface area contributed by atoms with Gasteiger partial charge in [-0.25, -0.2) is 18.2 Å². The fraction of sp³-hybridized carbons (Fsp3) is 0.400. The van der Waals surface area contributed by atoms with Crippen LogP contribution in [0.3, 0.4) is 0 Å². The Morgan fingerprint density at radius 1 is 1.53 bits per heavy atom. The molecular weight excluding hydrogens is 262 g/mol. The van der Waals surface area contributed by atoms with Crippen molar-refractivity contribution < 1.29 is 18.3 Å². The molecule has 0 bridgehead atoms. The van der Waals surface area contributed by atoms with Gasteiger partial charge in [0, 0.05) is 17.7 Å². The molecule has 1 aromatic heterocycles. The largest absolute Gasteiger partial charge is 0.478 e. The summed E-state index contributed by atoms with van der Waals surface area (Å²) >= 11 is 1.24. The van der Waals surface area contributed by atoms with Gasteiger partial charge in [-0.1, -0.05) is 6.92 Å². The molecule has 0 unspecified atom stereocenters. The van der Waals surface area contributed by atoms with Crippen LogP contribution in [0.4, 0.5) is 0 Å². The summed E-state index contributed by atoms with van der Waals surface area (Å²) in [6.45, 7) is 1.60. The van der Waals surface area contributed by atoms with Gasteiger partial charge in [0.2, 0.25) is 0 Å². The van der Waals surface area contributed by atoms with Crippen LogP contribution < -0.4 is 0 Å². The Morgan fingerprint density at radius 2 is 2.24 bits per heavy atom. The number of aromatic carboxylic acids is 1. The molecule has 0 amide bonds. The van der Waals surface area contributed by atoms with Crippen LogP contribution in [-0.4, -0.2) is 41.7 Å². The number of pyridine rings is 1. The van der Waals surface area contributed by atoms with E-state index in [1.807, 2.05) is 0 Å². The normalized spacial score (nSPS) is 11.4. The van der Waals surface area contributed by atoms with Crippen molar-refractivity contribution in [1.29, 1.82) is 0 Å². The predicted octanol–water partition coefficient (Wildman–Crippen LogP) is 1.31. The van der Waals surface area contributed by atoms with Crippen LogP contribution in [-0.2, 0) is 9.84 Å². The summed E-state index contributed by atoms with van der Waals surface area (Å²) in [6.07, 6.45) is 1.40. The number of nitrogens with zero attached hydrogens (tertiary/aromatic N) is 1. The monoisotopic (exact) mass is 275 g/mol. The fourth-order valence-electron chi connectivity index (χ4n) is 1.04. The van der Waals surface area contributed by atoms with Crippen molar-refractivity contribution in [3.05, 3.63) is 23.9 Å². The number of thioether (sulfide) groups is 1. The van der Waals surface area contributed by atoms with Gasteiger partial charge in [0.25, 0.3) is 0 Å². The summed E-state index contributed by atoms with van der Waals surface area (Å²) in [5, 5.41) is 9.29. The molecule has 94 valence electrons. The first-order chi connectivity index (χ1) is 7.94. The summed E-state index contributed by atoms with van der Waals surface area (Å²) < 4.78 is 22.5. The van der Waals surface area contributed by atoms with Crippen LogP contribution in [0.25, 0.3) is 0 Å². The molecule has 0 aliphatic heterocycles. The van der Waals surface area contributed by atoms with Gasteiger partial charge >= 0.3 is 5.97 Å². The van der Waals surface area contributed by atoms with E-state index >= 15 is 0 Å². The van der Waals surface area contributed by atoms with Gasteiger partial charge in [0.15, 0.2) is 9.84 Å². The van der Waals surface area contributed by atoms with Gasteiger partial charge in [0.05, 0.1) is 16.3 Å². The first kappa shape index (κ1) is 14.0. The Morgan fingerprint density at radius 3 is 2.82 bits per heavy atom. The van der Waals surface area contributed by atoms with Crippen molar-refractivity contribution in [2.75, 3.05) is 17.3 Å². The number of hydrogen-bond donors (Lipinski definition) is 1. The van der Waals surface area contributed by atoms with Gasteiger partial charge in [0.1, 0.15) is 0 Å². The number of rotatable bonds is 6. The molecule has 0 saturated carbocycles. The zero-order valence-electron chi connectivity index (χ0n) is 9.29. The fourth-order valence-corrected chi connectivity index (χ4v) is 3.23. The van der Waals surface area contributed by atoms with E-state index in [2.05, 4.69) is 4.98 Å². The molecule has 0 atom stereocenters. The molecule has 0 aliphatic carbocycles. The van der Waals surface area contributed by atoms with E-state index in [-0.39, 0.29) is 17.1 Å². The molecule has 1 rings (SSSR count). The van der Waals surface area contributed by atoms with Crippen LogP contribution in [0.1, 0.15) is 17.3 Å². The quantitative estimate of drug-likeness (QED) is 0.788. The smallest absolute Gasteiger partial charge is 0.335 e. The molecule has 17 heavy (non-hydrogen) atoms. The zero-order chi connectivity index (χ0) is 12.9. The highest BCUT2D eigenvalue weighted by Gasteiger charge is 2.09.